The fraction of sp³-hybridized carbons (Fsp3) is 0.312. The maximum absolute atomic E-state index is 13.5. The van der Waals surface area contributed by atoms with Gasteiger partial charge in [0.05, 0.1) is 22.8 Å². The number of amides is 2. The average molecular weight is 610 g/mol. The number of hydrogen-bond acceptors (Lipinski definition) is 5. The number of aliphatic imine (C=N–C) groups is 1. The second-order valence-electron chi connectivity index (χ2n) is 10.6. The van der Waals surface area contributed by atoms with Crippen LogP contribution in [0.15, 0.2) is 77.9 Å². The Bertz CT molecular complexity index is 1550. The maximum atomic E-state index is 13.5. The van der Waals surface area contributed by atoms with E-state index in [0.717, 1.165) is 43.8 Å². The molecule has 5 rings (SSSR count). The fourth-order valence-electron chi connectivity index (χ4n) is 5.17. The number of halogens is 4. The number of carbonyl (C=O) groups excluding carboxylic acids is 2. The number of allylic oxidation sites excluding steroid dienone is 1. The lowest BCUT2D eigenvalue weighted by atomic mass is 9.94. The minimum absolute atomic E-state index is 0.000647. The third-order valence-electron chi connectivity index (χ3n) is 7.62. The third-order valence-corrected chi connectivity index (χ3v) is 8.06. The van der Waals surface area contributed by atoms with Crippen molar-refractivity contribution < 1.29 is 22.8 Å². The Morgan fingerprint density at radius 1 is 1.02 bits per heavy atom. The minimum Gasteiger partial charge on any atom is -0.372 e. The molecule has 0 saturated carbocycles. The number of alkyl halides is 4. The highest BCUT2D eigenvalue weighted by molar-refractivity contribution is 6.22. The molecule has 0 bridgehead atoms. The highest BCUT2D eigenvalue weighted by atomic mass is 35.5. The molecular weight excluding hydrogens is 579 g/mol. The van der Waals surface area contributed by atoms with Crippen LogP contribution in [0.25, 0.3) is 11.3 Å². The van der Waals surface area contributed by atoms with Crippen LogP contribution in [-0.4, -0.2) is 47.5 Å². The van der Waals surface area contributed by atoms with E-state index in [1.54, 1.807) is 18.4 Å². The van der Waals surface area contributed by atoms with E-state index in [0.29, 0.717) is 28.9 Å². The van der Waals surface area contributed by atoms with Crippen molar-refractivity contribution in [1.82, 2.24) is 10.3 Å². The zero-order chi connectivity index (χ0) is 30.5. The Balaban J connectivity index is 1.42. The van der Waals surface area contributed by atoms with Gasteiger partial charge in [-0.3, -0.25) is 19.6 Å². The minimum atomic E-state index is -4.47. The van der Waals surface area contributed by atoms with Gasteiger partial charge in [0.15, 0.2) is 5.54 Å². The molecule has 3 heterocycles. The number of rotatable bonds is 8. The molecule has 43 heavy (non-hydrogen) atoms. The number of carbonyl (C=O) groups is 2. The standard InChI is InChI=1S/C32H31ClF3N5O2/c33-21-31(12-2-3-13-39-31)30(43)40-27-10-9-25(41-15-4-1-5-16-41)19-26(27)28-18-23(11-14-37-28)29(42)38-20-22-7-6-8-24(17-22)32(34,35)36/h2-3,6-11,13-14,17-19H,1,4-5,12,15-16,20-21H2,(H,38,42)(H,40,43). The summed E-state index contributed by atoms with van der Waals surface area (Å²) in [5.41, 5.74) is 1.21. The Morgan fingerprint density at radius 2 is 1.84 bits per heavy atom. The molecule has 224 valence electrons. The molecule has 3 aromatic rings. The van der Waals surface area contributed by atoms with E-state index in [2.05, 4.69) is 25.5 Å². The number of benzene rings is 2. The van der Waals surface area contributed by atoms with E-state index in [1.807, 2.05) is 24.3 Å². The summed E-state index contributed by atoms with van der Waals surface area (Å²) in [5.74, 6) is -0.825. The Kier molecular flexibility index (Phi) is 9.15. The van der Waals surface area contributed by atoms with Crippen molar-refractivity contribution in [2.75, 3.05) is 29.2 Å². The Morgan fingerprint density at radius 3 is 2.56 bits per heavy atom. The zero-order valence-electron chi connectivity index (χ0n) is 23.3. The lowest BCUT2D eigenvalue weighted by molar-refractivity contribution is -0.137. The molecular formula is C32H31ClF3N5O2. The number of hydrogen-bond donors (Lipinski definition) is 2. The second kappa shape index (κ2) is 13.0. The SMILES string of the molecule is O=C(NCc1cccc(C(F)(F)F)c1)c1ccnc(-c2cc(N3CCCCC3)ccc2NC(=O)C2(CCl)CC=CC=N2)c1. The van der Waals surface area contributed by atoms with Crippen molar-refractivity contribution in [3.8, 4) is 11.3 Å². The van der Waals surface area contributed by atoms with Gasteiger partial charge in [-0.1, -0.05) is 18.2 Å². The number of nitrogens with one attached hydrogen (secondary N) is 2. The Labute approximate surface area is 252 Å². The van der Waals surface area contributed by atoms with E-state index in [-0.39, 0.29) is 23.9 Å². The highest BCUT2D eigenvalue weighted by Gasteiger charge is 2.37. The number of anilines is 2. The van der Waals surface area contributed by atoms with E-state index < -0.39 is 23.2 Å². The number of dihydropyridines is 1. The molecule has 1 atom stereocenters. The lowest BCUT2D eigenvalue weighted by Gasteiger charge is -2.30. The quantitative estimate of drug-likeness (QED) is 0.281. The predicted octanol–water partition coefficient (Wildman–Crippen LogP) is 6.63. The molecule has 1 unspecified atom stereocenters. The predicted molar refractivity (Wildman–Crippen MR) is 163 cm³/mol. The molecule has 2 N–H and O–H groups in total. The molecule has 2 aliphatic heterocycles. The second-order valence-corrected chi connectivity index (χ2v) is 10.9. The number of nitrogens with zero attached hydrogens (tertiary/aromatic N) is 3. The van der Waals surface area contributed by atoms with Crippen LogP contribution < -0.4 is 15.5 Å². The first-order valence-electron chi connectivity index (χ1n) is 14.1. The highest BCUT2D eigenvalue weighted by Crippen LogP contribution is 2.34. The monoisotopic (exact) mass is 609 g/mol. The van der Waals surface area contributed by atoms with Crippen LogP contribution >= 0.6 is 11.6 Å². The van der Waals surface area contributed by atoms with Gasteiger partial charge in [-0.15, -0.1) is 11.6 Å². The average Bonchev–Trinajstić information content (AvgIpc) is 3.04. The smallest absolute Gasteiger partial charge is 0.372 e. The molecule has 1 saturated heterocycles. The summed E-state index contributed by atoms with van der Waals surface area (Å²) in [4.78, 5) is 37.7. The van der Waals surface area contributed by atoms with E-state index in [1.165, 1.54) is 30.8 Å². The third kappa shape index (κ3) is 7.07. The van der Waals surface area contributed by atoms with Crippen LogP contribution in [-0.2, 0) is 17.5 Å². The van der Waals surface area contributed by atoms with Gasteiger partial charge in [0.25, 0.3) is 11.8 Å². The van der Waals surface area contributed by atoms with E-state index >= 15 is 0 Å². The summed E-state index contributed by atoms with van der Waals surface area (Å²) in [6.45, 7) is 1.74. The summed E-state index contributed by atoms with van der Waals surface area (Å²) in [7, 11) is 0. The molecule has 0 radical (unpaired) electrons. The first kappa shape index (κ1) is 30.3. The van der Waals surface area contributed by atoms with Crippen LogP contribution in [0.4, 0.5) is 24.5 Å². The molecule has 11 heteroatoms. The van der Waals surface area contributed by atoms with Crippen LogP contribution in [0.2, 0.25) is 0 Å². The number of aromatic nitrogens is 1. The van der Waals surface area contributed by atoms with Crippen molar-refractivity contribution in [2.24, 2.45) is 4.99 Å². The molecule has 7 nitrogen and oxygen atoms in total. The molecule has 2 aliphatic rings. The van der Waals surface area contributed by atoms with Crippen molar-refractivity contribution >= 4 is 41.0 Å². The van der Waals surface area contributed by atoms with E-state index in [9.17, 15) is 22.8 Å². The van der Waals surface area contributed by atoms with Crippen molar-refractivity contribution in [2.45, 2.75) is 43.9 Å². The van der Waals surface area contributed by atoms with Crippen molar-refractivity contribution in [3.05, 3.63) is 89.6 Å². The van der Waals surface area contributed by atoms with Gasteiger partial charge in [0.2, 0.25) is 0 Å². The largest absolute Gasteiger partial charge is 0.416 e. The van der Waals surface area contributed by atoms with Crippen LogP contribution in [0.5, 0.6) is 0 Å². The van der Waals surface area contributed by atoms with Crippen molar-refractivity contribution in [1.29, 1.82) is 0 Å². The zero-order valence-corrected chi connectivity index (χ0v) is 24.1. The molecule has 1 fully saturated rings. The summed E-state index contributed by atoms with van der Waals surface area (Å²) in [6, 6.07) is 13.7. The first-order chi connectivity index (χ1) is 20.7. The van der Waals surface area contributed by atoms with Gasteiger partial charge in [-0.25, -0.2) is 0 Å². The number of pyridine rings is 1. The van der Waals surface area contributed by atoms with E-state index in [4.69, 9.17) is 11.6 Å². The topological polar surface area (TPSA) is 86.7 Å². The van der Waals surface area contributed by atoms with Crippen LogP contribution in [0.3, 0.4) is 0 Å². The van der Waals surface area contributed by atoms with Crippen molar-refractivity contribution in [3.63, 3.8) is 0 Å². The van der Waals surface area contributed by atoms with Gasteiger partial charge < -0.3 is 15.5 Å². The fourth-order valence-corrected chi connectivity index (χ4v) is 5.46. The van der Waals surface area contributed by atoms with Gasteiger partial charge in [0, 0.05) is 55.3 Å². The summed E-state index contributed by atoms with van der Waals surface area (Å²) >= 11 is 6.21. The Hall–Kier alpha value is -4.18. The van der Waals surface area contributed by atoms with Crippen LogP contribution in [0.1, 0.15) is 47.2 Å². The van der Waals surface area contributed by atoms with Gasteiger partial charge in [-0.2, -0.15) is 13.2 Å². The van der Waals surface area contributed by atoms with Gasteiger partial charge in [-0.05, 0) is 73.4 Å². The molecule has 0 aliphatic carbocycles. The van der Waals surface area contributed by atoms with Crippen LogP contribution in [0, 0.1) is 0 Å². The maximum Gasteiger partial charge on any atom is 0.416 e. The number of piperidine rings is 1. The van der Waals surface area contributed by atoms with Gasteiger partial charge >= 0.3 is 6.18 Å². The molecule has 1 aromatic heterocycles. The normalized spacial score (nSPS) is 18.4. The first-order valence-corrected chi connectivity index (χ1v) is 14.6. The molecule has 2 aromatic carbocycles. The lowest BCUT2D eigenvalue weighted by Crippen LogP contribution is -2.43. The van der Waals surface area contributed by atoms with Gasteiger partial charge in [0.1, 0.15) is 0 Å². The molecule has 0 spiro atoms. The summed E-state index contributed by atoms with van der Waals surface area (Å²) in [5, 5.41) is 5.68. The summed E-state index contributed by atoms with van der Waals surface area (Å²) in [6.07, 6.45) is 5.89. The summed E-state index contributed by atoms with van der Waals surface area (Å²) < 4.78 is 39.3. The molecule has 2 amide bonds.